The molecule has 1 fully saturated rings. The number of aryl methyl sites for hydroxylation is 1. The fourth-order valence-electron chi connectivity index (χ4n) is 3.05. The van der Waals surface area contributed by atoms with Gasteiger partial charge in [0.15, 0.2) is 5.82 Å². The molecule has 1 aliphatic rings. The largest absolute Gasteiger partial charge is 0.382 e. The van der Waals surface area contributed by atoms with Gasteiger partial charge in [-0.1, -0.05) is 44.0 Å². The number of nitrogen functional groups attached to an aromatic ring is 2. The molecule has 1 aromatic carbocycles. The van der Waals surface area contributed by atoms with Gasteiger partial charge < -0.3 is 11.6 Å². The van der Waals surface area contributed by atoms with Crippen LogP contribution in [0.25, 0.3) is 11.3 Å². The summed E-state index contributed by atoms with van der Waals surface area (Å²) in [6.07, 6.45) is 5.90. The highest BCUT2D eigenvalue weighted by Gasteiger charge is 2.24. The van der Waals surface area contributed by atoms with E-state index < -0.39 is 0 Å². The van der Waals surface area contributed by atoms with Gasteiger partial charge in [-0.15, -0.1) is 0 Å². The van der Waals surface area contributed by atoms with Crippen LogP contribution in [0.2, 0.25) is 0 Å². The van der Waals surface area contributed by atoms with Crippen molar-refractivity contribution in [2.45, 2.75) is 44.9 Å². The quantitative estimate of drug-likeness (QED) is 0.842. The van der Waals surface area contributed by atoms with E-state index >= 15 is 0 Å². The van der Waals surface area contributed by atoms with Gasteiger partial charge in [0.25, 0.3) is 0 Å². The summed E-state index contributed by atoms with van der Waals surface area (Å²) in [5.74, 6) is 8.07. The highest BCUT2D eigenvalue weighted by atomic mass is 15.4. The zero-order chi connectivity index (χ0) is 14.1. The molecular formula is C16H22N4. The number of nitrogens with two attached hydrogens (primary N) is 2. The number of aromatic nitrogens is 2. The number of nitrogens with zero attached hydrogens (tertiary/aromatic N) is 2. The van der Waals surface area contributed by atoms with Crippen LogP contribution < -0.4 is 11.6 Å². The van der Waals surface area contributed by atoms with Crippen LogP contribution in [0, 0.1) is 0 Å². The normalized spacial score (nSPS) is 15.8. The summed E-state index contributed by atoms with van der Waals surface area (Å²) >= 11 is 0. The van der Waals surface area contributed by atoms with Gasteiger partial charge >= 0.3 is 0 Å². The van der Waals surface area contributed by atoms with Crippen molar-refractivity contribution >= 4 is 5.82 Å². The summed E-state index contributed by atoms with van der Waals surface area (Å²) in [6, 6.07) is 8.41. The minimum atomic E-state index is 0.464. The lowest BCUT2D eigenvalue weighted by Crippen LogP contribution is -2.17. The lowest BCUT2D eigenvalue weighted by Gasteiger charge is -2.08. The van der Waals surface area contributed by atoms with Crippen LogP contribution in [0.5, 0.6) is 0 Å². The molecule has 0 amide bonds. The van der Waals surface area contributed by atoms with Gasteiger partial charge in [-0.3, -0.25) is 0 Å². The maximum atomic E-state index is 6.15. The fraction of sp³-hybridized carbons (Fsp3) is 0.438. The molecule has 0 radical (unpaired) electrons. The summed E-state index contributed by atoms with van der Waals surface area (Å²) in [5.41, 5.74) is 9.33. The maximum Gasteiger partial charge on any atom is 0.150 e. The van der Waals surface area contributed by atoms with Gasteiger partial charge in [0, 0.05) is 11.5 Å². The van der Waals surface area contributed by atoms with E-state index in [2.05, 4.69) is 31.2 Å². The third-order valence-electron chi connectivity index (χ3n) is 4.33. The predicted octanol–water partition coefficient (Wildman–Crippen LogP) is 3.07. The zero-order valence-electron chi connectivity index (χ0n) is 12.0. The van der Waals surface area contributed by atoms with Gasteiger partial charge in [0.2, 0.25) is 0 Å². The Morgan fingerprint density at radius 2 is 1.85 bits per heavy atom. The first-order chi connectivity index (χ1) is 9.70. The van der Waals surface area contributed by atoms with E-state index in [4.69, 9.17) is 16.6 Å². The highest BCUT2D eigenvalue weighted by molar-refractivity contribution is 5.71. The van der Waals surface area contributed by atoms with E-state index in [0.717, 1.165) is 23.5 Å². The van der Waals surface area contributed by atoms with Gasteiger partial charge in [0.1, 0.15) is 11.5 Å². The van der Waals surface area contributed by atoms with Crippen molar-refractivity contribution in [3.05, 3.63) is 35.7 Å². The van der Waals surface area contributed by atoms with Crippen molar-refractivity contribution in [1.82, 2.24) is 9.66 Å². The smallest absolute Gasteiger partial charge is 0.150 e. The molecule has 0 atom stereocenters. The van der Waals surface area contributed by atoms with Crippen molar-refractivity contribution in [2.75, 3.05) is 11.6 Å². The van der Waals surface area contributed by atoms with Crippen molar-refractivity contribution in [3.8, 4) is 11.3 Å². The van der Waals surface area contributed by atoms with Crippen LogP contribution in [-0.4, -0.2) is 9.66 Å². The minimum absolute atomic E-state index is 0.464. The van der Waals surface area contributed by atoms with Gasteiger partial charge in [0.05, 0.1) is 0 Å². The Bertz CT molecular complexity index is 592. The Morgan fingerprint density at radius 3 is 2.45 bits per heavy atom. The van der Waals surface area contributed by atoms with Gasteiger partial charge in [-0.2, -0.15) is 0 Å². The topological polar surface area (TPSA) is 69.9 Å². The molecule has 4 heteroatoms. The molecule has 0 aliphatic heterocycles. The summed E-state index contributed by atoms with van der Waals surface area (Å²) in [6.45, 7) is 2.15. The molecule has 0 saturated heterocycles. The average Bonchev–Trinajstić information content (AvgIpc) is 3.10. The summed E-state index contributed by atoms with van der Waals surface area (Å²) in [7, 11) is 0. The first-order valence-corrected chi connectivity index (χ1v) is 7.43. The van der Waals surface area contributed by atoms with Crippen LogP contribution in [0.1, 0.15) is 49.9 Å². The van der Waals surface area contributed by atoms with E-state index in [9.17, 15) is 0 Å². The molecule has 1 aliphatic carbocycles. The Kier molecular flexibility index (Phi) is 3.38. The molecule has 4 nitrogen and oxygen atoms in total. The molecule has 0 bridgehead atoms. The highest BCUT2D eigenvalue weighted by Crippen LogP contribution is 2.36. The van der Waals surface area contributed by atoms with Crippen LogP contribution in [-0.2, 0) is 6.42 Å². The van der Waals surface area contributed by atoms with Crippen molar-refractivity contribution in [3.63, 3.8) is 0 Å². The standard InChI is InChI=1S/C16H22N4/c1-2-11-7-9-12(10-8-11)14-15(17)20(18)16(19-14)13-5-3-4-6-13/h7-10,13H,2-6,17-18H2,1H3. The summed E-state index contributed by atoms with van der Waals surface area (Å²) in [5, 5.41) is 0. The molecule has 1 saturated carbocycles. The fourth-order valence-corrected chi connectivity index (χ4v) is 3.05. The number of hydrogen-bond acceptors (Lipinski definition) is 3. The van der Waals surface area contributed by atoms with Crippen LogP contribution >= 0.6 is 0 Å². The number of anilines is 1. The molecule has 20 heavy (non-hydrogen) atoms. The molecule has 0 spiro atoms. The molecular weight excluding hydrogens is 248 g/mol. The predicted molar refractivity (Wildman–Crippen MR) is 82.8 cm³/mol. The van der Waals surface area contributed by atoms with Crippen LogP contribution in [0.15, 0.2) is 24.3 Å². The zero-order valence-corrected chi connectivity index (χ0v) is 12.0. The minimum Gasteiger partial charge on any atom is -0.382 e. The molecule has 1 heterocycles. The number of rotatable bonds is 3. The molecule has 0 unspecified atom stereocenters. The number of hydrogen-bond donors (Lipinski definition) is 2. The number of imidazole rings is 1. The summed E-state index contributed by atoms with van der Waals surface area (Å²) in [4.78, 5) is 4.73. The van der Waals surface area contributed by atoms with Gasteiger partial charge in [-0.25, -0.2) is 9.66 Å². The summed E-state index contributed by atoms with van der Waals surface area (Å²) < 4.78 is 1.58. The Hall–Kier alpha value is -1.97. The van der Waals surface area contributed by atoms with E-state index in [1.54, 1.807) is 4.68 Å². The Balaban J connectivity index is 1.98. The molecule has 1 aromatic heterocycles. The second-order valence-electron chi connectivity index (χ2n) is 5.61. The second kappa shape index (κ2) is 5.19. The van der Waals surface area contributed by atoms with E-state index in [0.29, 0.717) is 11.7 Å². The Labute approximate surface area is 119 Å². The maximum absolute atomic E-state index is 6.15. The SMILES string of the molecule is CCc1ccc(-c2nc(C3CCCC3)n(N)c2N)cc1. The third kappa shape index (κ3) is 2.15. The monoisotopic (exact) mass is 270 g/mol. The lowest BCUT2D eigenvalue weighted by molar-refractivity contribution is 0.648. The van der Waals surface area contributed by atoms with Crippen LogP contribution in [0.3, 0.4) is 0 Å². The van der Waals surface area contributed by atoms with Gasteiger partial charge in [-0.05, 0) is 24.8 Å². The third-order valence-corrected chi connectivity index (χ3v) is 4.33. The first-order valence-electron chi connectivity index (χ1n) is 7.43. The van der Waals surface area contributed by atoms with Crippen molar-refractivity contribution in [2.24, 2.45) is 0 Å². The molecule has 3 rings (SSSR count). The van der Waals surface area contributed by atoms with E-state index in [1.807, 2.05) is 0 Å². The Morgan fingerprint density at radius 1 is 1.20 bits per heavy atom. The van der Waals surface area contributed by atoms with Crippen molar-refractivity contribution in [1.29, 1.82) is 0 Å². The molecule has 2 aromatic rings. The molecule has 4 N–H and O–H groups in total. The first kappa shape index (κ1) is 13.0. The number of benzene rings is 1. The molecule has 106 valence electrons. The van der Waals surface area contributed by atoms with E-state index in [-0.39, 0.29) is 0 Å². The average molecular weight is 270 g/mol. The van der Waals surface area contributed by atoms with E-state index in [1.165, 1.54) is 31.2 Å². The lowest BCUT2D eigenvalue weighted by atomic mass is 10.1. The van der Waals surface area contributed by atoms with Crippen molar-refractivity contribution < 1.29 is 0 Å². The van der Waals surface area contributed by atoms with Crippen LogP contribution in [0.4, 0.5) is 5.82 Å². The second-order valence-corrected chi connectivity index (χ2v) is 5.61.